The lowest BCUT2D eigenvalue weighted by molar-refractivity contribution is 0.384. The van der Waals surface area contributed by atoms with Crippen LogP contribution in [0.4, 0.5) is 5.95 Å². The molecule has 1 fully saturated rings. The van der Waals surface area contributed by atoms with E-state index in [1.54, 1.807) is 4.68 Å². The van der Waals surface area contributed by atoms with E-state index in [1.807, 2.05) is 31.4 Å². The van der Waals surface area contributed by atoms with Crippen LogP contribution in [-0.2, 0) is 7.05 Å². The van der Waals surface area contributed by atoms with Gasteiger partial charge in [0.25, 0.3) is 0 Å². The zero-order valence-corrected chi connectivity index (χ0v) is 14.9. The Morgan fingerprint density at radius 3 is 2.46 bits per heavy atom. The van der Waals surface area contributed by atoms with Gasteiger partial charge in [0.2, 0.25) is 5.95 Å². The van der Waals surface area contributed by atoms with Gasteiger partial charge in [-0.2, -0.15) is 0 Å². The molecule has 0 radical (unpaired) electrons. The zero-order chi connectivity index (χ0) is 17.8. The van der Waals surface area contributed by atoms with Gasteiger partial charge < -0.3 is 10.2 Å². The normalized spacial score (nSPS) is 16.6. The number of anilines is 1. The summed E-state index contributed by atoms with van der Waals surface area (Å²) in [6.07, 6.45) is 3.95. The Balaban J connectivity index is 1.46. The molecular formula is C19H23N7. The standard InChI is InChI=1S/C19H23N7/c1-25-19(22-23-24-25)26-13-10-16(11-14-26)21-18(15-7-3-2-4-8-15)17-9-5-6-12-20-17/h2-9,12,16,18,21H,10-11,13-14H2,1H3. The molecule has 26 heavy (non-hydrogen) atoms. The Morgan fingerprint density at radius 2 is 1.81 bits per heavy atom. The van der Waals surface area contributed by atoms with Crippen LogP contribution in [0.3, 0.4) is 0 Å². The first kappa shape index (κ1) is 16.7. The molecule has 2 aromatic heterocycles. The molecule has 1 unspecified atom stereocenters. The highest BCUT2D eigenvalue weighted by molar-refractivity contribution is 5.30. The van der Waals surface area contributed by atoms with Gasteiger partial charge in [-0.25, -0.2) is 4.68 Å². The molecule has 1 aliphatic rings. The van der Waals surface area contributed by atoms with E-state index in [2.05, 4.69) is 61.1 Å². The minimum Gasteiger partial charge on any atom is -0.340 e. The van der Waals surface area contributed by atoms with E-state index in [9.17, 15) is 0 Å². The summed E-state index contributed by atoms with van der Waals surface area (Å²) in [5.41, 5.74) is 2.30. The Morgan fingerprint density at radius 1 is 1.04 bits per heavy atom. The lowest BCUT2D eigenvalue weighted by atomic mass is 9.98. The summed E-state index contributed by atoms with van der Waals surface area (Å²) in [4.78, 5) is 6.83. The number of aryl methyl sites for hydroxylation is 1. The van der Waals surface area contributed by atoms with Crippen molar-refractivity contribution in [1.82, 2.24) is 30.5 Å². The molecule has 3 aromatic rings. The number of piperidine rings is 1. The third kappa shape index (κ3) is 3.57. The van der Waals surface area contributed by atoms with Crippen LogP contribution in [0.25, 0.3) is 0 Å². The van der Waals surface area contributed by atoms with E-state index in [1.165, 1.54) is 5.56 Å². The van der Waals surface area contributed by atoms with E-state index < -0.39 is 0 Å². The van der Waals surface area contributed by atoms with Gasteiger partial charge in [-0.1, -0.05) is 41.5 Å². The fraction of sp³-hybridized carbons (Fsp3) is 0.368. The topological polar surface area (TPSA) is 71.8 Å². The van der Waals surface area contributed by atoms with Gasteiger partial charge >= 0.3 is 0 Å². The van der Waals surface area contributed by atoms with Crippen LogP contribution in [-0.4, -0.2) is 44.3 Å². The molecule has 1 saturated heterocycles. The smallest absolute Gasteiger partial charge is 0.245 e. The van der Waals surface area contributed by atoms with Gasteiger partial charge in [0.05, 0.1) is 11.7 Å². The maximum absolute atomic E-state index is 4.59. The predicted octanol–water partition coefficient (Wildman–Crippen LogP) is 1.95. The third-order valence-corrected chi connectivity index (χ3v) is 4.89. The van der Waals surface area contributed by atoms with E-state index >= 15 is 0 Å². The van der Waals surface area contributed by atoms with Gasteiger partial charge in [0, 0.05) is 32.4 Å². The fourth-order valence-electron chi connectivity index (χ4n) is 3.52. The van der Waals surface area contributed by atoms with Crippen LogP contribution in [0.2, 0.25) is 0 Å². The molecule has 0 saturated carbocycles. The number of aromatic nitrogens is 5. The molecule has 7 heteroatoms. The van der Waals surface area contributed by atoms with Crippen molar-refractivity contribution in [3.05, 3.63) is 66.0 Å². The van der Waals surface area contributed by atoms with Gasteiger partial charge in [0.1, 0.15) is 0 Å². The second-order valence-corrected chi connectivity index (χ2v) is 6.63. The van der Waals surface area contributed by atoms with Crippen molar-refractivity contribution >= 4 is 5.95 Å². The largest absolute Gasteiger partial charge is 0.340 e. The average Bonchev–Trinajstić information content (AvgIpc) is 3.14. The van der Waals surface area contributed by atoms with E-state index in [0.29, 0.717) is 6.04 Å². The monoisotopic (exact) mass is 349 g/mol. The second-order valence-electron chi connectivity index (χ2n) is 6.63. The van der Waals surface area contributed by atoms with Gasteiger partial charge in [-0.3, -0.25) is 4.98 Å². The molecule has 1 aliphatic heterocycles. The number of hydrogen-bond acceptors (Lipinski definition) is 6. The Labute approximate surface area is 153 Å². The summed E-state index contributed by atoms with van der Waals surface area (Å²) in [7, 11) is 1.88. The summed E-state index contributed by atoms with van der Waals surface area (Å²) in [6.45, 7) is 1.88. The second kappa shape index (κ2) is 7.61. The minimum absolute atomic E-state index is 0.102. The minimum atomic E-state index is 0.102. The maximum Gasteiger partial charge on any atom is 0.245 e. The number of benzene rings is 1. The van der Waals surface area contributed by atoms with Crippen LogP contribution in [0.15, 0.2) is 54.7 Å². The summed E-state index contributed by atoms with van der Waals surface area (Å²) in [5.74, 6) is 0.841. The van der Waals surface area contributed by atoms with Crippen molar-refractivity contribution in [2.24, 2.45) is 7.05 Å². The Hall–Kier alpha value is -2.80. The van der Waals surface area contributed by atoms with E-state index in [4.69, 9.17) is 0 Å². The molecule has 7 nitrogen and oxygen atoms in total. The molecule has 134 valence electrons. The summed E-state index contributed by atoms with van der Waals surface area (Å²) in [6, 6.07) is 17.2. The summed E-state index contributed by atoms with van der Waals surface area (Å²) < 4.78 is 1.73. The van der Waals surface area contributed by atoms with Crippen molar-refractivity contribution in [3.8, 4) is 0 Å². The molecule has 1 atom stereocenters. The van der Waals surface area contributed by atoms with Gasteiger partial charge in [-0.05, 0) is 41.0 Å². The SMILES string of the molecule is Cn1nnnc1N1CCC(NC(c2ccccc2)c2ccccn2)CC1. The van der Waals surface area contributed by atoms with Crippen LogP contribution >= 0.6 is 0 Å². The summed E-state index contributed by atoms with van der Waals surface area (Å²) in [5, 5.41) is 15.6. The highest BCUT2D eigenvalue weighted by Gasteiger charge is 2.25. The van der Waals surface area contributed by atoms with Crippen LogP contribution in [0.1, 0.15) is 30.1 Å². The molecule has 1 aromatic carbocycles. The molecule has 0 aliphatic carbocycles. The molecule has 1 N–H and O–H groups in total. The lowest BCUT2D eigenvalue weighted by Gasteiger charge is -2.34. The van der Waals surface area contributed by atoms with E-state index in [-0.39, 0.29) is 6.04 Å². The third-order valence-electron chi connectivity index (χ3n) is 4.89. The number of nitrogens with zero attached hydrogens (tertiary/aromatic N) is 6. The predicted molar refractivity (Wildman–Crippen MR) is 99.7 cm³/mol. The zero-order valence-electron chi connectivity index (χ0n) is 14.9. The van der Waals surface area contributed by atoms with Crippen LogP contribution in [0.5, 0.6) is 0 Å². The van der Waals surface area contributed by atoms with Crippen molar-refractivity contribution in [3.63, 3.8) is 0 Å². The number of nitrogens with one attached hydrogen (secondary N) is 1. The number of hydrogen-bond donors (Lipinski definition) is 1. The first-order chi connectivity index (χ1) is 12.8. The quantitative estimate of drug-likeness (QED) is 0.759. The lowest BCUT2D eigenvalue weighted by Crippen LogP contribution is -2.44. The maximum atomic E-state index is 4.59. The number of pyridine rings is 1. The highest BCUT2D eigenvalue weighted by Crippen LogP contribution is 2.24. The molecule has 0 bridgehead atoms. The molecule has 3 heterocycles. The Bertz CT molecular complexity index is 771. The van der Waals surface area contributed by atoms with Crippen LogP contribution in [0, 0.1) is 0 Å². The first-order valence-electron chi connectivity index (χ1n) is 9.00. The van der Waals surface area contributed by atoms with Crippen molar-refractivity contribution in [2.45, 2.75) is 24.9 Å². The fourth-order valence-corrected chi connectivity index (χ4v) is 3.52. The van der Waals surface area contributed by atoms with Gasteiger partial charge in [0.15, 0.2) is 0 Å². The molecule has 0 amide bonds. The van der Waals surface area contributed by atoms with Crippen molar-refractivity contribution in [2.75, 3.05) is 18.0 Å². The molecular weight excluding hydrogens is 326 g/mol. The average molecular weight is 349 g/mol. The van der Waals surface area contributed by atoms with E-state index in [0.717, 1.165) is 37.6 Å². The number of tetrazole rings is 1. The first-order valence-corrected chi connectivity index (χ1v) is 9.00. The van der Waals surface area contributed by atoms with Gasteiger partial charge in [-0.15, -0.1) is 0 Å². The Kier molecular flexibility index (Phi) is 4.88. The van der Waals surface area contributed by atoms with Crippen LogP contribution < -0.4 is 10.2 Å². The molecule has 0 spiro atoms. The highest BCUT2D eigenvalue weighted by atomic mass is 15.6. The van der Waals surface area contributed by atoms with Crippen molar-refractivity contribution < 1.29 is 0 Å². The molecule has 4 rings (SSSR count). The summed E-state index contributed by atoms with van der Waals surface area (Å²) >= 11 is 0. The van der Waals surface area contributed by atoms with Crippen molar-refractivity contribution in [1.29, 1.82) is 0 Å². The number of rotatable bonds is 5.